The summed E-state index contributed by atoms with van der Waals surface area (Å²) in [5.74, 6) is -0.789. The van der Waals surface area contributed by atoms with E-state index < -0.39 is 11.9 Å². The van der Waals surface area contributed by atoms with Crippen molar-refractivity contribution < 1.29 is 23.8 Å². The molecule has 0 saturated heterocycles. The SMILES string of the molecule is COC(=O)C1=C(C(=O)OC)N(c2c(Br)cc(C)cc2OC)C=CC=C1. The number of esters is 2. The number of nitrogens with zero attached hydrogens (tertiary/aromatic N) is 1. The number of aryl methyl sites for hydroxylation is 1. The highest BCUT2D eigenvalue weighted by atomic mass is 79.9. The van der Waals surface area contributed by atoms with Crippen LogP contribution in [0.5, 0.6) is 5.75 Å². The monoisotopic (exact) mass is 407 g/mol. The van der Waals surface area contributed by atoms with E-state index in [1.54, 1.807) is 23.3 Å². The number of hydrogen-bond donors (Lipinski definition) is 0. The van der Waals surface area contributed by atoms with Gasteiger partial charge in [-0.05, 0) is 52.7 Å². The lowest BCUT2D eigenvalue weighted by atomic mass is 10.1. The third-order valence-electron chi connectivity index (χ3n) is 3.52. The second-order valence-corrected chi connectivity index (χ2v) is 5.97. The van der Waals surface area contributed by atoms with Crippen LogP contribution in [0.4, 0.5) is 5.69 Å². The molecule has 0 amide bonds. The molecule has 0 bridgehead atoms. The molecule has 0 spiro atoms. The molecule has 1 aromatic rings. The maximum atomic E-state index is 12.5. The highest BCUT2D eigenvalue weighted by molar-refractivity contribution is 9.10. The molecule has 0 fully saturated rings. The Bertz CT molecular complexity index is 795. The number of hydrogen-bond acceptors (Lipinski definition) is 6. The Kier molecular flexibility index (Phi) is 6.03. The summed E-state index contributed by atoms with van der Waals surface area (Å²) < 4.78 is 15.9. The first kappa shape index (κ1) is 18.8. The van der Waals surface area contributed by atoms with Gasteiger partial charge in [-0.15, -0.1) is 0 Å². The van der Waals surface area contributed by atoms with Crippen molar-refractivity contribution >= 4 is 33.6 Å². The zero-order valence-electron chi connectivity index (χ0n) is 14.3. The van der Waals surface area contributed by atoms with E-state index in [-0.39, 0.29) is 11.3 Å². The first-order valence-electron chi connectivity index (χ1n) is 7.33. The molecule has 0 aliphatic carbocycles. The van der Waals surface area contributed by atoms with E-state index in [9.17, 15) is 9.59 Å². The fourth-order valence-electron chi connectivity index (χ4n) is 2.43. The van der Waals surface area contributed by atoms with Crippen LogP contribution in [0.15, 0.2) is 52.3 Å². The Morgan fingerprint density at radius 1 is 1.04 bits per heavy atom. The summed E-state index contributed by atoms with van der Waals surface area (Å²) in [6.45, 7) is 1.92. The first-order valence-corrected chi connectivity index (χ1v) is 8.13. The molecule has 25 heavy (non-hydrogen) atoms. The second kappa shape index (κ2) is 8.02. The van der Waals surface area contributed by atoms with Gasteiger partial charge in [0.2, 0.25) is 0 Å². The standard InChI is InChI=1S/C18H18BrNO5/c1-11-9-13(19)16(14(10-11)23-2)20-8-6-5-7-12(17(21)24-3)15(20)18(22)25-4/h5-10H,1-4H3. The third kappa shape index (κ3) is 3.76. The Balaban J connectivity index is 2.78. The molecule has 0 atom stereocenters. The van der Waals surface area contributed by atoms with E-state index in [1.165, 1.54) is 27.4 Å². The second-order valence-electron chi connectivity index (χ2n) is 5.11. The van der Waals surface area contributed by atoms with Crippen LogP contribution in [0.1, 0.15) is 5.56 Å². The summed E-state index contributed by atoms with van der Waals surface area (Å²) in [6.07, 6.45) is 6.49. The lowest BCUT2D eigenvalue weighted by Gasteiger charge is -2.26. The molecule has 1 aromatic carbocycles. The molecule has 7 heteroatoms. The largest absolute Gasteiger partial charge is 0.495 e. The molecule has 2 rings (SSSR count). The van der Waals surface area contributed by atoms with Gasteiger partial charge in [0.05, 0.1) is 26.9 Å². The zero-order chi connectivity index (χ0) is 18.6. The van der Waals surface area contributed by atoms with E-state index in [4.69, 9.17) is 14.2 Å². The highest BCUT2D eigenvalue weighted by Crippen LogP contribution is 2.40. The maximum absolute atomic E-state index is 12.5. The Morgan fingerprint density at radius 3 is 2.32 bits per heavy atom. The van der Waals surface area contributed by atoms with Gasteiger partial charge in [0.1, 0.15) is 17.1 Å². The molecule has 0 N–H and O–H groups in total. The fourth-order valence-corrected chi connectivity index (χ4v) is 3.18. The van der Waals surface area contributed by atoms with Gasteiger partial charge in [0.15, 0.2) is 0 Å². The average Bonchev–Trinajstić information content (AvgIpc) is 2.82. The minimum atomic E-state index is -0.675. The molecule has 0 saturated carbocycles. The molecule has 0 aromatic heterocycles. The van der Waals surface area contributed by atoms with Gasteiger partial charge in [-0.2, -0.15) is 0 Å². The number of rotatable bonds is 4. The van der Waals surface area contributed by atoms with Crippen LogP contribution in [0.2, 0.25) is 0 Å². The zero-order valence-corrected chi connectivity index (χ0v) is 15.9. The van der Waals surface area contributed by atoms with Crippen LogP contribution >= 0.6 is 15.9 Å². The number of anilines is 1. The summed E-state index contributed by atoms with van der Waals surface area (Å²) >= 11 is 3.51. The lowest BCUT2D eigenvalue weighted by Crippen LogP contribution is -2.27. The Labute approximate surface area is 154 Å². The predicted octanol–water partition coefficient (Wildman–Crippen LogP) is 3.26. The van der Waals surface area contributed by atoms with Gasteiger partial charge < -0.3 is 19.1 Å². The van der Waals surface area contributed by atoms with Crippen LogP contribution in [-0.2, 0) is 19.1 Å². The number of carbonyl (C=O) groups is 2. The molecule has 0 unspecified atom stereocenters. The number of halogens is 1. The molecule has 1 heterocycles. The maximum Gasteiger partial charge on any atom is 0.355 e. The van der Waals surface area contributed by atoms with Gasteiger partial charge in [0.25, 0.3) is 0 Å². The average molecular weight is 408 g/mol. The van der Waals surface area contributed by atoms with Crippen molar-refractivity contribution in [2.24, 2.45) is 0 Å². The molecule has 6 nitrogen and oxygen atoms in total. The van der Waals surface area contributed by atoms with E-state index in [1.807, 2.05) is 19.1 Å². The van der Waals surface area contributed by atoms with Gasteiger partial charge in [0, 0.05) is 10.7 Å². The van der Waals surface area contributed by atoms with Crippen LogP contribution in [0.25, 0.3) is 0 Å². The summed E-state index contributed by atoms with van der Waals surface area (Å²) in [4.78, 5) is 26.2. The van der Waals surface area contributed by atoms with Crippen LogP contribution in [0.3, 0.4) is 0 Å². The summed E-state index contributed by atoms with van der Waals surface area (Å²) in [6, 6.07) is 3.72. The van der Waals surface area contributed by atoms with E-state index >= 15 is 0 Å². The quantitative estimate of drug-likeness (QED) is 0.713. The molecule has 1 aliphatic rings. The predicted molar refractivity (Wildman–Crippen MR) is 97.2 cm³/mol. The molecule has 1 aliphatic heterocycles. The van der Waals surface area contributed by atoms with Gasteiger partial charge >= 0.3 is 11.9 Å². The Hall–Kier alpha value is -2.54. The number of carbonyl (C=O) groups excluding carboxylic acids is 2. The molecular weight excluding hydrogens is 390 g/mol. The minimum absolute atomic E-state index is 0.0298. The van der Waals surface area contributed by atoms with E-state index in [0.29, 0.717) is 15.9 Å². The van der Waals surface area contributed by atoms with Crippen LogP contribution < -0.4 is 9.64 Å². The van der Waals surface area contributed by atoms with E-state index in [2.05, 4.69) is 15.9 Å². The van der Waals surface area contributed by atoms with Crippen molar-refractivity contribution in [1.82, 2.24) is 0 Å². The van der Waals surface area contributed by atoms with Crippen molar-refractivity contribution in [3.8, 4) is 5.75 Å². The third-order valence-corrected chi connectivity index (χ3v) is 4.13. The normalized spacial score (nSPS) is 13.6. The number of allylic oxidation sites excluding steroid dienone is 2. The van der Waals surface area contributed by atoms with Crippen molar-refractivity contribution in [3.63, 3.8) is 0 Å². The van der Waals surface area contributed by atoms with Crippen molar-refractivity contribution in [3.05, 3.63) is 57.9 Å². The van der Waals surface area contributed by atoms with Crippen molar-refractivity contribution in [2.45, 2.75) is 6.92 Å². The van der Waals surface area contributed by atoms with Gasteiger partial charge in [-0.25, -0.2) is 9.59 Å². The van der Waals surface area contributed by atoms with E-state index in [0.717, 1.165) is 5.56 Å². The number of benzene rings is 1. The highest BCUT2D eigenvalue weighted by Gasteiger charge is 2.30. The summed E-state index contributed by atoms with van der Waals surface area (Å²) in [5.41, 5.74) is 1.65. The summed E-state index contributed by atoms with van der Waals surface area (Å²) in [7, 11) is 4.04. The van der Waals surface area contributed by atoms with Crippen molar-refractivity contribution in [2.75, 3.05) is 26.2 Å². The minimum Gasteiger partial charge on any atom is -0.495 e. The van der Waals surface area contributed by atoms with Crippen LogP contribution in [-0.4, -0.2) is 33.3 Å². The molecule has 0 radical (unpaired) electrons. The fraction of sp³-hybridized carbons (Fsp3) is 0.222. The number of ether oxygens (including phenoxy) is 3. The molecular formula is C18H18BrNO5. The number of methoxy groups -OCH3 is 3. The molecule has 132 valence electrons. The van der Waals surface area contributed by atoms with Gasteiger partial charge in [-0.1, -0.05) is 6.08 Å². The first-order chi connectivity index (χ1) is 11.9. The lowest BCUT2D eigenvalue weighted by molar-refractivity contribution is -0.139. The summed E-state index contributed by atoms with van der Waals surface area (Å²) in [5, 5.41) is 0. The topological polar surface area (TPSA) is 65.1 Å². The van der Waals surface area contributed by atoms with Crippen molar-refractivity contribution in [1.29, 1.82) is 0 Å². The van der Waals surface area contributed by atoms with Gasteiger partial charge in [-0.3, -0.25) is 0 Å². The smallest absolute Gasteiger partial charge is 0.355 e. The Morgan fingerprint density at radius 2 is 1.72 bits per heavy atom. The van der Waals surface area contributed by atoms with Crippen LogP contribution in [0, 0.1) is 6.92 Å².